The van der Waals surface area contributed by atoms with Crippen molar-refractivity contribution < 1.29 is 4.79 Å². The molecule has 0 fully saturated rings. The second-order valence-electron chi connectivity index (χ2n) is 4.14. The summed E-state index contributed by atoms with van der Waals surface area (Å²) in [5.41, 5.74) is 5.62. The van der Waals surface area contributed by atoms with Crippen LogP contribution in [0.15, 0.2) is 5.16 Å². The third-order valence-electron chi connectivity index (χ3n) is 2.47. The van der Waals surface area contributed by atoms with Crippen LogP contribution in [0, 0.1) is 0 Å². The maximum Gasteiger partial charge on any atom is 0.222 e. The Balaban J connectivity index is 2.56. The summed E-state index contributed by atoms with van der Waals surface area (Å²) in [5, 5.41) is 9.03. The van der Waals surface area contributed by atoms with Crippen LogP contribution in [0.3, 0.4) is 0 Å². The number of nitrogens with two attached hydrogens (primary N) is 1. The predicted molar refractivity (Wildman–Crippen MR) is 72.2 cm³/mol. The Kier molecular flexibility index (Phi) is 6.14. The minimum atomic E-state index is 0.128. The van der Waals surface area contributed by atoms with Gasteiger partial charge in [-0.15, -0.1) is 10.2 Å². The van der Waals surface area contributed by atoms with Gasteiger partial charge >= 0.3 is 0 Å². The van der Waals surface area contributed by atoms with Gasteiger partial charge in [-0.2, -0.15) is 0 Å². The zero-order chi connectivity index (χ0) is 13.5. The number of aromatic nitrogens is 3. The van der Waals surface area contributed by atoms with Gasteiger partial charge in [-0.3, -0.25) is 4.79 Å². The Morgan fingerprint density at radius 2 is 2.17 bits per heavy atom. The van der Waals surface area contributed by atoms with E-state index in [1.54, 1.807) is 30.8 Å². The van der Waals surface area contributed by atoms with Crippen LogP contribution in [0.1, 0.15) is 25.6 Å². The highest BCUT2D eigenvalue weighted by molar-refractivity contribution is 7.99. The Morgan fingerprint density at radius 1 is 1.44 bits per heavy atom. The Hall–Kier alpha value is -1.08. The lowest BCUT2D eigenvalue weighted by atomic mass is 10.4. The topological polar surface area (TPSA) is 77.0 Å². The molecule has 1 heterocycles. The summed E-state index contributed by atoms with van der Waals surface area (Å²) in [6.07, 6.45) is 1.52. The fourth-order valence-electron chi connectivity index (χ4n) is 1.48. The van der Waals surface area contributed by atoms with Crippen LogP contribution in [0.25, 0.3) is 0 Å². The molecule has 0 aliphatic heterocycles. The van der Waals surface area contributed by atoms with Crippen molar-refractivity contribution in [3.05, 3.63) is 5.82 Å². The van der Waals surface area contributed by atoms with Crippen LogP contribution >= 0.6 is 11.8 Å². The van der Waals surface area contributed by atoms with Crippen LogP contribution in [0.4, 0.5) is 0 Å². The number of amides is 1. The number of nitrogens with zero attached hydrogens (tertiary/aromatic N) is 4. The van der Waals surface area contributed by atoms with Crippen molar-refractivity contribution in [1.29, 1.82) is 0 Å². The predicted octanol–water partition coefficient (Wildman–Crippen LogP) is 0.717. The van der Waals surface area contributed by atoms with E-state index in [0.717, 1.165) is 23.9 Å². The highest BCUT2D eigenvalue weighted by Crippen LogP contribution is 2.18. The molecule has 0 saturated heterocycles. The summed E-state index contributed by atoms with van der Waals surface area (Å²) in [6, 6.07) is 0. The van der Waals surface area contributed by atoms with E-state index in [2.05, 4.69) is 17.1 Å². The fraction of sp³-hybridized carbons (Fsp3) is 0.727. The number of carbonyl (C=O) groups excluding carboxylic acids is 1. The SMILES string of the molecule is CCCn1c(CN)nnc1SCCC(=O)N(C)C. The lowest BCUT2D eigenvalue weighted by Crippen LogP contribution is -2.21. The van der Waals surface area contributed by atoms with Gasteiger partial charge in [0.1, 0.15) is 5.82 Å². The second-order valence-corrected chi connectivity index (χ2v) is 5.20. The van der Waals surface area contributed by atoms with Crippen LogP contribution in [0.5, 0.6) is 0 Å². The minimum Gasteiger partial charge on any atom is -0.349 e. The van der Waals surface area contributed by atoms with Crippen LogP contribution < -0.4 is 5.73 Å². The van der Waals surface area contributed by atoms with Crippen molar-refractivity contribution in [3.63, 3.8) is 0 Å². The van der Waals surface area contributed by atoms with Gasteiger partial charge < -0.3 is 15.2 Å². The van der Waals surface area contributed by atoms with Crippen molar-refractivity contribution in [3.8, 4) is 0 Å². The van der Waals surface area contributed by atoms with Gasteiger partial charge in [0.25, 0.3) is 0 Å². The molecule has 2 N–H and O–H groups in total. The van der Waals surface area contributed by atoms with E-state index >= 15 is 0 Å². The largest absolute Gasteiger partial charge is 0.349 e. The highest BCUT2D eigenvalue weighted by Gasteiger charge is 2.11. The van der Waals surface area contributed by atoms with Gasteiger partial charge in [0, 0.05) is 32.8 Å². The Bertz CT molecular complexity index is 391. The summed E-state index contributed by atoms with van der Waals surface area (Å²) in [6.45, 7) is 3.36. The summed E-state index contributed by atoms with van der Waals surface area (Å²) in [7, 11) is 3.53. The van der Waals surface area contributed by atoms with Crippen molar-refractivity contribution in [2.45, 2.75) is 38.0 Å². The van der Waals surface area contributed by atoms with E-state index in [4.69, 9.17) is 5.73 Å². The molecule has 6 nitrogen and oxygen atoms in total. The average Bonchev–Trinajstić information content (AvgIpc) is 2.72. The number of hydrogen-bond acceptors (Lipinski definition) is 5. The summed E-state index contributed by atoms with van der Waals surface area (Å²) >= 11 is 1.56. The minimum absolute atomic E-state index is 0.128. The molecule has 0 aliphatic carbocycles. The molecule has 1 aromatic rings. The third-order valence-corrected chi connectivity index (χ3v) is 3.44. The standard InChI is InChI=1S/C11H21N5OS/c1-4-6-16-9(8-12)13-14-11(16)18-7-5-10(17)15(2)3/h4-8,12H2,1-3H3. The lowest BCUT2D eigenvalue weighted by Gasteiger charge is -2.10. The molecule has 102 valence electrons. The third kappa shape index (κ3) is 3.99. The monoisotopic (exact) mass is 271 g/mol. The van der Waals surface area contributed by atoms with Gasteiger partial charge in [0.05, 0.1) is 6.54 Å². The molecule has 0 unspecified atom stereocenters. The molecule has 1 amide bonds. The quantitative estimate of drug-likeness (QED) is 0.739. The van der Waals surface area contributed by atoms with E-state index in [-0.39, 0.29) is 5.91 Å². The van der Waals surface area contributed by atoms with Gasteiger partial charge in [0.15, 0.2) is 5.16 Å². The molecule has 0 aromatic carbocycles. The van der Waals surface area contributed by atoms with E-state index in [1.807, 2.05) is 4.57 Å². The molecule has 0 bridgehead atoms. The molecule has 1 rings (SSSR count). The van der Waals surface area contributed by atoms with Crippen molar-refractivity contribution in [2.75, 3.05) is 19.8 Å². The van der Waals surface area contributed by atoms with Crippen LogP contribution in [-0.2, 0) is 17.9 Å². The molecule has 1 aromatic heterocycles. The number of hydrogen-bond donors (Lipinski definition) is 1. The van der Waals surface area contributed by atoms with Gasteiger partial charge in [0.2, 0.25) is 5.91 Å². The average molecular weight is 271 g/mol. The first-order chi connectivity index (χ1) is 8.60. The van der Waals surface area contributed by atoms with E-state index < -0.39 is 0 Å². The zero-order valence-electron chi connectivity index (χ0n) is 11.2. The molecular weight excluding hydrogens is 250 g/mol. The first kappa shape index (κ1) is 15.0. The summed E-state index contributed by atoms with van der Waals surface area (Å²) in [5.74, 6) is 1.64. The number of carbonyl (C=O) groups is 1. The first-order valence-electron chi connectivity index (χ1n) is 6.05. The smallest absolute Gasteiger partial charge is 0.222 e. The highest BCUT2D eigenvalue weighted by atomic mass is 32.2. The Labute approximate surface area is 112 Å². The molecule has 0 spiro atoms. The second kappa shape index (κ2) is 7.38. The molecular formula is C11H21N5OS. The van der Waals surface area contributed by atoms with Gasteiger partial charge in [-0.25, -0.2) is 0 Å². The molecule has 7 heteroatoms. The zero-order valence-corrected chi connectivity index (χ0v) is 12.0. The molecule has 0 aliphatic rings. The van der Waals surface area contributed by atoms with Crippen molar-refractivity contribution in [1.82, 2.24) is 19.7 Å². The number of rotatable bonds is 7. The molecule has 0 atom stereocenters. The summed E-state index contributed by atoms with van der Waals surface area (Å²) in [4.78, 5) is 13.1. The van der Waals surface area contributed by atoms with Gasteiger partial charge in [-0.05, 0) is 6.42 Å². The van der Waals surface area contributed by atoms with E-state index in [0.29, 0.717) is 18.7 Å². The maximum atomic E-state index is 11.5. The van der Waals surface area contributed by atoms with Crippen molar-refractivity contribution in [2.24, 2.45) is 5.73 Å². The van der Waals surface area contributed by atoms with Gasteiger partial charge in [-0.1, -0.05) is 18.7 Å². The molecule has 0 saturated carbocycles. The fourth-order valence-corrected chi connectivity index (χ4v) is 2.39. The summed E-state index contributed by atoms with van der Waals surface area (Å²) < 4.78 is 2.03. The van der Waals surface area contributed by atoms with Crippen LogP contribution in [-0.4, -0.2) is 45.4 Å². The van der Waals surface area contributed by atoms with E-state index in [1.165, 1.54) is 0 Å². The lowest BCUT2D eigenvalue weighted by molar-refractivity contribution is -0.128. The maximum absolute atomic E-state index is 11.5. The van der Waals surface area contributed by atoms with Crippen LogP contribution in [0.2, 0.25) is 0 Å². The van der Waals surface area contributed by atoms with E-state index in [9.17, 15) is 4.79 Å². The van der Waals surface area contributed by atoms with Crippen molar-refractivity contribution >= 4 is 17.7 Å². The molecule has 18 heavy (non-hydrogen) atoms. The number of thioether (sulfide) groups is 1. The normalized spacial score (nSPS) is 10.7. The first-order valence-corrected chi connectivity index (χ1v) is 7.03. The Morgan fingerprint density at radius 3 is 2.72 bits per heavy atom. The molecule has 0 radical (unpaired) electrons.